The van der Waals surface area contributed by atoms with Crippen molar-refractivity contribution in [1.82, 2.24) is 5.32 Å². The molecule has 0 radical (unpaired) electrons. The zero-order valence-corrected chi connectivity index (χ0v) is 14.3. The fourth-order valence-electron chi connectivity index (χ4n) is 3.76. The van der Waals surface area contributed by atoms with Crippen molar-refractivity contribution in [3.8, 4) is 5.75 Å². The lowest BCUT2D eigenvalue weighted by atomic mass is 9.79. The number of nitrogens with two attached hydrogens (primary N) is 1. The average molecular weight is 352 g/mol. The van der Waals surface area contributed by atoms with Crippen molar-refractivity contribution in [2.24, 2.45) is 0 Å². The smallest absolute Gasteiger partial charge is 0.241 e. The van der Waals surface area contributed by atoms with Crippen molar-refractivity contribution < 1.29 is 14.3 Å². The molecule has 0 bridgehead atoms. The molecule has 1 spiro atoms. The molecule has 2 unspecified atom stereocenters. The van der Waals surface area contributed by atoms with Crippen LogP contribution in [0.15, 0.2) is 42.5 Å². The molecule has 4 rings (SSSR count). The molecule has 0 saturated carbocycles. The lowest BCUT2D eigenvalue weighted by Gasteiger charge is -2.20. The first-order valence-corrected chi connectivity index (χ1v) is 8.42. The van der Waals surface area contributed by atoms with Gasteiger partial charge in [0, 0.05) is 24.0 Å². The second-order valence-electron chi connectivity index (χ2n) is 6.67. The summed E-state index contributed by atoms with van der Waals surface area (Å²) in [6.45, 7) is 0.423. The second kappa shape index (κ2) is 6.03. The van der Waals surface area contributed by atoms with E-state index in [0.717, 1.165) is 11.3 Å². The first kappa shape index (κ1) is 16.4. The van der Waals surface area contributed by atoms with Gasteiger partial charge >= 0.3 is 0 Å². The van der Waals surface area contributed by atoms with Gasteiger partial charge in [0.25, 0.3) is 0 Å². The van der Waals surface area contributed by atoms with E-state index in [2.05, 4.69) is 16.0 Å². The lowest BCUT2D eigenvalue weighted by molar-refractivity contribution is -0.120. The molecule has 7 heteroatoms. The van der Waals surface area contributed by atoms with Gasteiger partial charge in [-0.3, -0.25) is 9.59 Å². The summed E-state index contributed by atoms with van der Waals surface area (Å²) >= 11 is 0. The van der Waals surface area contributed by atoms with Crippen molar-refractivity contribution in [3.63, 3.8) is 0 Å². The maximum Gasteiger partial charge on any atom is 0.241 e. The summed E-state index contributed by atoms with van der Waals surface area (Å²) in [7, 11) is 1.52. The van der Waals surface area contributed by atoms with Crippen molar-refractivity contribution in [1.29, 1.82) is 0 Å². The minimum Gasteiger partial charge on any atom is -0.494 e. The number of methoxy groups -OCH3 is 1. The fraction of sp³-hybridized carbons (Fsp3) is 0.263. The Labute approximate surface area is 150 Å². The molecule has 7 nitrogen and oxygen atoms in total. The van der Waals surface area contributed by atoms with Gasteiger partial charge in [0.1, 0.15) is 5.75 Å². The Morgan fingerprint density at radius 1 is 1.31 bits per heavy atom. The Bertz CT molecular complexity index is 898. The maximum atomic E-state index is 12.7. The summed E-state index contributed by atoms with van der Waals surface area (Å²) in [5.41, 5.74) is 7.90. The fourth-order valence-corrected chi connectivity index (χ4v) is 3.76. The number of nitrogens with one attached hydrogen (secondary N) is 3. The highest BCUT2D eigenvalue weighted by Crippen LogP contribution is 2.43. The lowest BCUT2D eigenvalue weighted by Crippen LogP contribution is -2.36. The van der Waals surface area contributed by atoms with Crippen LogP contribution in [0.25, 0.3) is 0 Å². The van der Waals surface area contributed by atoms with E-state index in [1.54, 1.807) is 18.2 Å². The second-order valence-corrected chi connectivity index (χ2v) is 6.67. The molecular weight excluding hydrogens is 332 g/mol. The standard InChI is InChI=1S/C19H20N4O3/c1-26-16-8-11(20)6-7-14(16)22-17(24)15-9-19(10-21-15)12-4-2-3-5-13(12)23-18(19)25/h2-8,15,21H,9-10,20H2,1H3,(H,22,24)(H,23,25). The predicted molar refractivity (Wildman–Crippen MR) is 99.2 cm³/mol. The maximum absolute atomic E-state index is 12.7. The third-order valence-electron chi connectivity index (χ3n) is 5.13. The molecule has 2 aliphatic heterocycles. The third kappa shape index (κ3) is 2.48. The number of carbonyl (C=O) groups excluding carboxylic acids is 2. The molecule has 0 aromatic heterocycles. The minimum atomic E-state index is -0.705. The largest absolute Gasteiger partial charge is 0.494 e. The van der Waals surface area contributed by atoms with Crippen LogP contribution in [0.1, 0.15) is 12.0 Å². The first-order chi connectivity index (χ1) is 12.5. The van der Waals surface area contributed by atoms with E-state index >= 15 is 0 Å². The summed E-state index contributed by atoms with van der Waals surface area (Å²) < 4.78 is 5.27. The van der Waals surface area contributed by atoms with Crippen molar-refractivity contribution in [2.45, 2.75) is 17.9 Å². The molecule has 2 amide bonds. The average Bonchev–Trinajstić information content (AvgIpc) is 3.20. The van der Waals surface area contributed by atoms with Crippen molar-refractivity contribution >= 4 is 28.9 Å². The molecule has 5 N–H and O–H groups in total. The number of rotatable bonds is 3. The highest BCUT2D eigenvalue weighted by Gasteiger charge is 2.52. The Morgan fingerprint density at radius 2 is 2.12 bits per heavy atom. The third-order valence-corrected chi connectivity index (χ3v) is 5.13. The van der Waals surface area contributed by atoms with Gasteiger partial charge in [-0.25, -0.2) is 0 Å². The summed E-state index contributed by atoms with van der Waals surface area (Å²) in [5.74, 6) is 0.226. The quantitative estimate of drug-likeness (QED) is 0.626. The molecule has 2 aliphatic rings. The number of carbonyl (C=O) groups is 2. The Morgan fingerprint density at radius 3 is 2.92 bits per heavy atom. The van der Waals surface area contributed by atoms with Gasteiger partial charge < -0.3 is 26.4 Å². The van der Waals surface area contributed by atoms with E-state index in [1.807, 2.05) is 24.3 Å². The van der Waals surface area contributed by atoms with Crippen LogP contribution >= 0.6 is 0 Å². The van der Waals surface area contributed by atoms with E-state index in [0.29, 0.717) is 30.1 Å². The van der Waals surface area contributed by atoms with Gasteiger partial charge in [0.05, 0.1) is 24.3 Å². The summed E-state index contributed by atoms with van der Waals surface area (Å²) in [6, 6.07) is 12.2. The van der Waals surface area contributed by atoms with E-state index in [9.17, 15) is 9.59 Å². The molecule has 0 aliphatic carbocycles. The monoisotopic (exact) mass is 352 g/mol. The summed E-state index contributed by atoms with van der Waals surface area (Å²) in [4.78, 5) is 25.3. The van der Waals surface area contributed by atoms with Crippen LogP contribution in [0, 0.1) is 0 Å². The Hall–Kier alpha value is -3.06. The highest BCUT2D eigenvalue weighted by molar-refractivity contribution is 6.08. The molecule has 2 atom stereocenters. The normalized spacial score (nSPS) is 23.6. The van der Waals surface area contributed by atoms with Crippen LogP contribution in [0.5, 0.6) is 5.75 Å². The van der Waals surface area contributed by atoms with E-state index in [1.165, 1.54) is 7.11 Å². The molecule has 1 saturated heterocycles. The van der Waals surface area contributed by atoms with Gasteiger partial charge in [0.2, 0.25) is 11.8 Å². The van der Waals surface area contributed by atoms with Crippen LogP contribution in [-0.4, -0.2) is 31.5 Å². The number of para-hydroxylation sites is 1. The first-order valence-electron chi connectivity index (χ1n) is 8.42. The van der Waals surface area contributed by atoms with Crippen molar-refractivity contribution in [3.05, 3.63) is 48.0 Å². The van der Waals surface area contributed by atoms with Crippen LogP contribution in [0.4, 0.5) is 17.1 Å². The molecule has 2 aromatic carbocycles. The van der Waals surface area contributed by atoms with Crippen molar-refractivity contribution in [2.75, 3.05) is 30.0 Å². The number of nitrogen functional groups attached to an aromatic ring is 1. The predicted octanol–water partition coefficient (Wildman–Crippen LogP) is 1.47. The van der Waals surface area contributed by atoms with E-state index in [-0.39, 0.29) is 11.8 Å². The van der Waals surface area contributed by atoms with Crippen LogP contribution in [0.2, 0.25) is 0 Å². The zero-order chi connectivity index (χ0) is 18.3. The summed E-state index contributed by atoms with van der Waals surface area (Å²) in [5, 5.41) is 8.97. The number of fused-ring (bicyclic) bond motifs is 2. The number of hydrogen-bond acceptors (Lipinski definition) is 5. The topological polar surface area (TPSA) is 105 Å². The molecule has 1 fully saturated rings. The number of amides is 2. The van der Waals surface area contributed by atoms with Crippen LogP contribution in [-0.2, 0) is 15.0 Å². The molecule has 2 aromatic rings. The molecular formula is C19H20N4O3. The van der Waals surface area contributed by atoms with Gasteiger partial charge in [-0.05, 0) is 30.2 Å². The SMILES string of the molecule is COc1cc(N)ccc1NC(=O)C1CC2(CN1)C(=O)Nc1ccccc12. The molecule has 2 heterocycles. The highest BCUT2D eigenvalue weighted by atomic mass is 16.5. The minimum absolute atomic E-state index is 0.0634. The summed E-state index contributed by atoms with van der Waals surface area (Å²) in [6.07, 6.45) is 0.402. The van der Waals surface area contributed by atoms with Crippen LogP contribution < -0.4 is 26.4 Å². The Kier molecular flexibility index (Phi) is 3.81. The number of anilines is 3. The van der Waals surface area contributed by atoms with E-state index in [4.69, 9.17) is 10.5 Å². The zero-order valence-electron chi connectivity index (χ0n) is 14.3. The van der Waals surface area contributed by atoms with Crippen LogP contribution in [0.3, 0.4) is 0 Å². The van der Waals surface area contributed by atoms with Gasteiger partial charge in [0.15, 0.2) is 0 Å². The van der Waals surface area contributed by atoms with E-state index < -0.39 is 11.5 Å². The van der Waals surface area contributed by atoms with Gasteiger partial charge in [-0.2, -0.15) is 0 Å². The number of benzene rings is 2. The molecule has 134 valence electrons. The molecule has 26 heavy (non-hydrogen) atoms. The van der Waals surface area contributed by atoms with Gasteiger partial charge in [-0.1, -0.05) is 18.2 Å². The number of hydrogen-bond donors (Lipinski definition) is 4. The Balaban J connectivity index is 1.55. The van der Waals surface area contributed by atoms with Gasteiger partial charge in [-0.15, -0.1) is 0 Å². The number of ether oxygens (including phenoxy) is 1.